The molecule has 0 fully saturated rings. The van der Waals surface area contributed by atoms with Gasteiger partial charge in [-0.05, 0) is 36.2 Å². The minimum absolute atomic E-state index is 0.451. The van der Waals surface area contributed by atoms with E-state index in [1.807, 2.05) is 25.3 Å². The standard InChI is InChI=1S/C10H15NO2S2/c1-10(2,8(11)9(12)13)15-6-7-3-4-14-5-7/h3-5,8H,6,11H2,1-2H3,(H,12,13)/t8-/m1/s1. The summed E-state index contributed by atoms with van der Waals surface area (Å²) in [5.41, 5.74) is 6.83. The fraction of sp³-hybridized carbons (Fsp3) is 0.500. The smallest absolute Gasteiger partial charge is 0.321 e. The van der Waals surface area contributed by atoms with Gasteiger partial charge in [-0.15, -0.1) is 11.8 Å². The highest BCUT2D eigenvalue weighted by atomic mass is 32.2. The Morgan fingerprint density at radius 2 is 2.40 bits per heavy atom. The number of carboxylic acids is 1. The van der Waals surface area contributed by atoms with Gasteiger partial charge in [-0.25, -0.2) is 0 Å². The molecule has 0 unspecified atom stereocenters. The molecule has 0 bridgehead atoms. The number of rotatable bonds is 5. The average Bonchev–Trinajstić information content (AvgIpc) is 2.66. The van der Waals surface area contributed by atoms with E-state index in [9.17, 15) is 4.79 Å². The Labute approximate surface area is 97.7 Å². The third-order valence-corrected chi connectivity index (χ3v) is 4.41. The molecular weight excluding hydrogens is 230 g/mol. The van der Waals surface area contributed by atoms with Crippen molar-refractivity contribution in [3.8, 4) is 0 Å². The molecule has 5 heteroatoms. The summed E-state index contributed by atoms with van der Waals surface area (Å²) in [6.07, 6.45) is 0. The SMILES string of the molecule is CC(C)(SCc1ccsc1)[C@H](N)C(=O)O. The van der Waals surface area contributed by atoms with E-state index in [1.54, 1.807) is 23.1 Å². The maximum Gasteiger partial charge on any atom is 0.321 e. The predicted octanol–water partition coefficient (Wildman–Crippen LogP) is 2.17. The lowest BCUT2D eigenvalue weighted by molar-refractivity contribution is -0.139. The number of carbonyl (C=O) groups is 1. The molecule has 0 saturated heterocycles. The fourth-order valence-electron chi connectivity index (χ4n) is 1.03. The summed E-state index contributed by atoms with van der Waals surface area (Å²) in [7, 11) is 0. The van der Waals surface area contributed by atoms with Crippen molar-refractivity contribution in [2.75, 3.05) is 0 Å². The van der Waals surface area contributed by atoms with Crippen molar-refractivity contribution in [3.63, 3.8) is 0 Å². The number of thioether (sulfide) groups is 1. The second kappa shape index (κ2) is 5.01. The van der Waals surface area contributed by atoms with Gasteiger partial charge in [0.05, 0.1) is 0 Å². The van der Waals surface area contributed by atoms with Crippen LogP contribution in [0.1, 0.15) is 19.4 Å². The van der Waals surface area contributed by atoms with Crippen molar-refractivity contribution >= 4 is 29.1 Å². The molecule has 1 aromatic rings. The van der Waals surface area contributed by atoms with Gasteiger partial charge < -0.3 is 10.8 Å². The number of thiophene rings is 1. The number of carboxylic acid groups (broad SMARTS) is 1. The van der Waals surface area contributed by atoms with Crippen LogP contribution in [0.3, 0.4) is 0 Å². The Morgan fingerprint density at radius 1 is 1.73 bits per heavy atom. The molecule has 0 amide bonds. The van der Waals surface area contributed by atoms with Crippen molar-refractivity contribution in [1.29, 1.82) is 0 Å². The van der Waals surface area contributed by atoms with E-state index >= 15 is 0 Å². The Morgan fingerprint density at radius 3 is 2.87 bits per heavy atom. The number of aliphatic carboxylic acids is 1. The summed E-state index contributed by atoms with van der Waals surface area (Å²) >= 11 is 3.22. The predicted molar refractivity (Wildman–Crippen MR) is 65.3 cm³/mol. The molecule has 1 aromatic heterocycles. The fourth-order valence-corrected chi connectivity index (χ4v) is 2.80. The monoisotopic (exact) mass is 245 g/mol. The molecule has 0 aromatic carbocycles. The van der Waals surface area contributed by atoms with Crippen molar-refractivity contribution in [2.24, 2.45) is 5.73 Å². The van der Waals surface area contributed by atoms with E-state index in [0.717, 1.165) is 5.75 Å². The van der Waals surface area contributed by atoms with Gasteiger partial charge in [0.15, 0.2) is 0 Å². The third kappa shape index (κ3) is 3.52. The molecule has 1 heterocycles. The largest absolute Gasteiger partial charge is 0.480 e. The molecule has 1 rings (SSSR count). The quantitative estimate of drug-likeness (QED) is 0.834. The number of hydrogen-bond donors (Lipinski definition) is 2. The van der Waals surface area contributed by atoms with E-state index in [-0.39, 0.29) is 0 Å². The Balaban J connectivity index is 2.53. The minimum Gasteiger partial charge on any atom is -0.480 e. The van der Waals surface area contributed by atoms with Gasteiger partial charge in [-0.3, -0.25) is 4.79 Å². The molecule has 0 aliphatic heterocycles. The first kappa shape index (κ1) is 12.5. The van der Waals surface area contributed by atoms with Crippen LogP contribution in [0.2, 0.25) is 0 Å². The van der Waals surface area contributed by atoms with E-state index in [4.69, 9.17) is 10.8 Å². The normalized spacial score (nSPS) is 13.8. The second-order valence-electron chi connectivity index (χ2n) is 3.84. The summed E-state index contributed by atoms with van der Waals surface area (Å²) in [4.78, 5) is 10.8. The van der Waals surface area contributed by atoms with Crippen LogP contribution in [0, 0.1) is 0 Å². The zero-order valence-electron chi connectivity index (χ0n) is 8.77. The van der Waals surface area contributed by atoms with Crippen LogP contribution < -0.4 is 5.73 Å². The van der Waals surface area contributed by atoms with Gasteiger partial charge in [-0.2, -0.15) is 11.3 Å². The Bertz CT molecular complexity index is 322. The summed E-state index contributed by atoms with van der Waals surface area (Å²) < 4.78 is -0.451. The van der Waals surface area contributed by atoms with E-state index in [2.05, 4.69) is 5.38 Å². The van der Waals surface area contributed by atoms with Crippen LogP contribution >= 0.6 is 23.1 Å². The van der Waals surface area contributed by atoms with E-state index in [1.165, 1.54) is 5.56 Å². The highest BCUT2D eigenvalue weighted by molar-refractivity contribution is 7.99. The molecule has 3 nitrogen and oxygen atoms in total. The van der Waals surface area contributed by atoms with Crippen LogP contribution in [-0.2, 0) is 10.5 Å². The van der Waals surface area contributed by atoms with Crippen LogP contribution in [0.15, 0.2) is 16.8 Å². The van der Waals surface area contributed by atoms with Crippen LogP contribution in [0.4, 0.5) is 0 Å². The lowest BCUT2D eigenvalue weighted by Gasteiger charge is -2.27. The average molecular weight is 245 g/mol. The molecule has 1 atom stereocenters. The Hall–Kier alpha value is -0.520. The van der Waals surface area contributed by atoms with Crippen molar-refractivity contribution in [3.05, 3.63) is 22.4 Å². The lowest BCUT2D eigenvalue weighted by atomic mass is 10.1. The second-order valence-corrected chi connectivity index (χ2v) is 6.25. The number of hydrogen-bond acceptors (Lipinski definition) is 4. The van der Waals surface area contributed by atoms with Gasteiger partial charge in [0, 0.05) is 10.5 Å². The Kier molecular flexibility index (Phi) is 4.19. The van der Waals surface area contributed by atoms with Crippen LogP contribution in [-0.4, -0.2) is 21.9 Å². The first-order valence-electron chi connectivity index (χ1n) is 4.57. The summed E-state index contributed by atoms with van der Waals surface area (Å²) in [5, 5.41) is 12.9. The molecule has 0 aliphatic rings. The van der Waals surface area contributed by atoms with Gasteiger partial charge >= 0.3 is 5.97 Å². The van der Waals surface area contributed by atoms with Crippen LogP contribution in [0.25, 0.3) is 0 Å². The first-order chi connectivity index (χ1) is 6.93. The van der Waals surface area contributed by atoms with Crippen molar-refractivity contribution < 1.29 is 9.90 Å². The van der Waals surface area contributed by atoms with Gasteiger partial charge in [0.2, 0.25) is 0 Å². The highest BCUT2D eigenvalue weighted by Gasteiger charge is 2.32. The van der Waals surface area contributed by atoms with Crippen molar-refractivity contribution in [2.45, 2.75) is 30.4 Å². The van der Waals surface area contributed by atoms with Crippen LogP contribution in [0.5, 0.6) is 0 Å². The number of nitrogens with two attached hydrogens (primary N) is 1. The molecule has 3 N–H and O–H groups in total. The minimum atomic E-state index is -0.946. The topological polar surface area (TPSA) is 63.3 Å². The zero-order chi connectivity index (χ0) is 11.5. The van der Waals surface area contributed by atoms with Crippen molar-refractivity contribution in [1.82, 2.24) is 0 Å². The van der Waals surface area contributed by atoms with Gasteiger partial charge in [-0.1, -0.05) is 0 Å². The molecule has 0 saturated carbocycles. The zero-order valence-corrected chi connectivity index (χ0v) is 10.4. The summed E-state index contributed by atoms with van der Waals surface area (Å²) in [6, 6.07) is 1.21. The summed E-state index contributed by atoms with van der Waals surface area (Å²) in [6.45, 7) is 3.73. The van der Waals surface area contributed by atoms with Gasteiger partial charge in [0.1, 0.15) is 6.04 Å². The maximum absolute atomic E-state index is 10.8. The molecule has 0 radical (unpaired) electrons. The summed E-state index contributed by atoms with van der Waals surface area (Å²) in [5.74, 6) is -0.143. The third-order valence-electron chi connectivity index (χ3n) is 2.21. The maximum atomic E-state index is 10.8. The highest BCUT2D eigenvalue weighted by Crippen LogP contribution is 2.31. The molecular formula is C10H15NO2S2. The molecule has 15 heavy (non-hydrogen) atoms. The lowest BCUT2D eigenvalue weighted by Crippen LogP contribution is -2.46. The molecule has 0 spiro atoms. The van der Waals surface area contributed by atoms with E-state index in [0.29, 0.717) is 0 Å². The molecule has 0 aliphatic carbocycles. The first-order valence-corrected chi connectivity index (χ1v) is 6.50. The van der Waals surface area contributed by atoms with E-state index < -0.39 is 16.8 Å². The molecule has 84 valence electrons. The van der Waals surface area contributed by atoms with Gasteiger partial charge in [0.25, 0.3) is 0 Å².